The number of methoxy groups -OCH3 is 3. The van der Waals surface area contributed by atoms with Crippen LogP contribution in [0.5, 0.6) is 23.0 Å². The second-order valence-electron chi connectivity index (χ2n) is 6.48. The Morgan fingerprint density at radius 2 is 1.70 bits per heavy atom. The van der Waals surface area contributed by atoms with E-state index in [0.29, 0.717) is 40.0 Å². The molecule has 3 aromatic rings. The quantitative estimate of drug-likeness (QED) is 0.594. The van der Waals surface area contributed by atoms with Crippen molar-refractivity contribution in [3.63, 3.8) is 0 Å². The smallest absolute Gasteiger partial charge is 0.255 e. The van der Waals surface area contributed by atoms with E-state index >= 15 is 0 Å². The van der Waals surface area contributed by atoms with Crippen molar-refractivity contribution in [1.82, 2.24) is 5.16 Å². The van der Waals surface area contributed by atoms with Crippen LogP contribution in [0.2, 0.25) is 0 Å². The summed E-state index contributed by atoms with van der Waals surface area (Å²) in [4.78, 5) is 12.8. The van der Waals surface area contributed by atoms with Gasteiger partial charge in [-0.3, -0.25) is 4.79 Å². The van der Waals surface area contributed by atoms with E-state index in [0.717, 1.165) is 11.3 Å². The zero-order valence-corrected chi connectivity index (χ0v) is 17.6. The van der Waals surface area contributed by atoms with Crippen LogP contribution in [-0.2, 0) is 6.61 Å². The Morgan fingerprint density at radius 1 is 0.967 bits per heavy atom. The van der Waals surface area contributed by atoms with Crippen LogP contribution in [0.3, 0.4) is 0 Å². The van der Waals surface area contributed by atoms with Crippen LogP contribution in [0.4, 0.5) is 5.69 Å². The molecule has 2 aromatic carbocycles. The number of hydrogen-bond acceptors (Lipinski definition) is 7. The molecule has 0 saturated heterocycles. The number of carbonyl (C=O) groups excluding carboxylic acids is 1. The van der Waals surface area contributed by atoms with Gasteiger partial charge in [-0.25, -0.2) is 0 Å². The molecule has 0 aliphatic heterocycles. The molecular weight excluding hydrogens is 388 g/mol. The Balaban J connectivity index is 1.78. The number of aryl methyl sites for hydroxylation is 2. The molecule has 1 amide bonds. The van der Waals surface area contributed by atoms with Crippen molar-refractivity contribution < 1.29 is 28.3 Å². The second-order valence-corrected chi connectivity index (χ2v) is 6.48. The lowest BCUT2D eigenvalue weighted by Crippen LogP contribution is -2.13. The summed E-state index contributed by atoms with van der Waals surface area (Å²) in [7, 11) is 4.61. The number of amides is 1. The summed E-state index contributed by atoms with van der Waals surface area (Å²) in [5.41, 5.74) is 2.56. The van der Waals surface area contributed by atoms with Gasteiger partial charge in [-0.1, -0.05) is 5.16 Å². The van der Waals surface area contributed by atoms with Crippen LogP contribution in [0.25, 0.3) is 0 Å². The number of benzene rings is 2. The minimum absolute atomic E-state index is 0.282. The van der Waals surface area contributed by atoms with Crippen molar-refractivity contribution in [3.8, 4) is 23.0 Å². The highest BCUT2D eigenvalue weighted by atomic mass is 16.5. The predicted octanol–water partition coefficient (Wildman–Crippen LogP) is 4.15. The Bertz CT molecular complexity index is 1020. The van der Waals surface area contributed by atoms with Gasteiger partial charge >= 0.3 is 0 Å². The maximum atomic E-state index is 12.8. The molecule has 0 bridgehead atoms. The molecule has 0 spiro atoms. The van der Waals surface area contributed by atoms with Gasteiger partial charge in [0.05, 0.1) is 38.3 Å². The van der Waals surface area contributed by atoms with E-state index in [1.807, 2.05) is 13.8 Å². The summed E-state index contributed by atoms with van der Waals surface area (Å²) in [5.74, 6) is 2.45. The molecule has 0 unspecified atom stereocenters. The Kier molecular flexibility index (Phi) is 6.46. The van der Waals surface area contributed by atoms with Gasteiger partial charge in [-0.05, 0) is 44.2 Å². The summed E-state index contributed by atoms with van der Waals surface area (Å²) in [5, 5.41) is 6.75. The van der Waals surface area contributed by atoms with E-state index in [-0.39, 0.29) is 12.5 Å². The molecule has 0 atom stereocenters. The Morgan fingerprint density at radius 3 is 2.33 bits per heavy atom. The van der Waals surface area contributed by atoms with Gasteiger partial charge in [0, 0.05) is 11.6 Å². The molecular formula is C22H24N2O6. The second kappa shape index (κ2) is 9.21. The highest BCUT2D eigenvalue weighted by molar-refractivity contribution is 6.05. The SMILES string of the molecule is COc1ccc(OC)c(NC(=O)c2ccc(OCc3c(C)noc3C)c(OC)c2)c1. The molecule has 8 nitrogen and oxygen atoms in total. The fraction of sp³-hybridized carbons (Fsp3) is 0.273. The van der Waals surface area contributed by atoms with E-state index in [1.54, 1.807) is 43.5 Å². The van der Waals surface area contributed by atoms with Gasteiger partial charge in [0.1, 0.15) is 23.9 Å². The molecule has 1 heterocycles. The first-order chi connectivity index (χ1) is 14.5. The minimum Gasteiger partial charge on any atom is -0.497 e. The van der Waals surface area contributed by atoms with Crippen LogP contribution in [0, 0.1) is 13.8 Å². The lowest BCUT2D eigenvalue weighted by Gasteiger charge is -2.14. The summed E-state index contributed by atoms with van der Waals surface area (Å²) >= 11 is 0. The van der Waals surface area contributed by atoms with E-state index in [2.05, 4.69) is 10.5 Å². The number of rotatable bonds is 8. The lowest BCUT2D eigenvalue weighted by molar-refractivity contribution is 0.102. The maximum Gasteiger partial charge on any atom is 0.255 e. The molecule has 3 rings (SSSR count). The van der Waals surface area contributed by atoms with E-state index in [4.69, 9.17) is 23.5 Å². The fourth-order valence-electron chi connectivity index (χ4n) is 2.89. The number of anilines is 1. The zero-order valence-electron chi connectivity index (χ0n) is 17.6. The van der Waals surface area contributed by atoms with Crippen LogP contribution < -0.4 is 24.3 Å². The van der Waals surface area contributed by atoms with Crippen molar-refractivity contribution in [2.24, 2.45) is 0 Å². The average molecular weight is 412 g/mol. The number of ether oxygens (including phenoxy) is 4. The van der Waals surface area contributed by atoms with Crippen molar-refractivity contribution >= 4 is 11.6 Å². The monoisotopic (exact) mass is 412 g/mol. The normalized spacial score (nSPS) is 10.4. The topological polar surface area (TPSA) is 92.1 Å². The van der Waals surface area contributed by atoms with Crippen LogP contribution in [0.15, 0.2) is 40.9 Å². The number of nitrogens with zero attached hydrogens (tertiary/aromatic N) is 1. The van der Waals surface area contributed by atoms with Crippen molar-refractivity contribution in [3.05, 3.63) is 59.0 Å². The molecule has 0 radical (unpaired) electrons. The largest absolute Gasteiger partial charge is 0.497 e. The maximum absolute atomic E-state index is 12.8. The molecule has 0 aliphatic rings. The van der Waals surface area contributed by atoms with Crippen molar-refractivity contribution in [2.75, 3.05) is 26.6 Å². The molecule has 158 valence electrons. The molecule has 30 heavy (non-hydrogen) atoms. The summed E-state index contributed by atoms with van der Waals surface area (Å²) in [6.45, 7) is 3.97. The fourth-order valence-corrected chi connectivity index (χ4v) is 2.89. The van der Waals surface area contributed by atoms with Gasteiger partial charge in [-0.15, -0.1) is 0 Å². The van der Waals surface area contributed by atoms with Gasteiger partial charge < -0.3 is 28.8 Å². The third kappa shape index (κ3) is 4.48. The molecule has 0 saturated carbocycles. The van der Waals surface area contributed by atoms with Crippen molar-refractivity contribution in [1.29, 1.82) is 0 Å². The molecule has 0 aliphatic carbocycles. The number of carbonyl (C=O) groups is 1. The zero-order chi connectivity index (χ0) is 21.7. The molecule has 8 heteroatoms. The summed E-state index contributed by atoms with van der Waals surface area (Å²) in [6, 6.07) is 10.1. The first kappa shape index (κ1) is 21.0. The highest BCUT2D eigenvalue weighted by Crippen LogP contribution is 2.32. The summed E-state index contributed by atoms with van der Waals surface area (Å²) in [6.07, 6.45) is 0. The lowest BCUT2D eigenvalue weighted by atomic mass is 10.1. The van der Waals surface area contributed by atoms with E-state index < -0.39 is 0 Å². The van der Waals surface area contributed by atoms with Crippen LogP contribution in [-0.4, -0.2) is 32.4 Å². The molecule has 0 fully saturated rings. The summed E-state index contributed by atoms with van der Waals surface area (Å²) < 4.78 is 26.9. The predicted molar refractivity (Wildman–Crippen MR) is 111 cm³/mol. The molecule has 1 N–H and O–H groups in total. The molecule has 1 aromatic heterocycles. The van der Waals surface area contributed by atoms with Crippen LogP contribution >= 0.6 is 0 Å². The number of hydrogen-bond donors (Lipinski definition) is 1. The van der Waals surface area contributed by atoms with Gasteiger partial charge in [0.15, 0.2) is 11.5 Å². The van der Waals surface area contributed by atoms with E-state index in [9.17, 15) is 4.79 Å². The average Bonchev–Trinajstić information content (AvgIpc) is 3.09. The van der Waals surface area contributed by atoms with Crippen LogP contribution in [0.1, 0.15) is 27.4 Å². The van der Waals surface area contributed by atoms with Gasteiger partial charge in [0.25, 0.3) is 5.91 Å². The van der Waals surface area contributed by atoms with E-state index in [1.165, 1.54) is 14.2 Å². The third-order valence-corrected chi connectivity index (χ3v) is 4.63. The highest BCUT2D eigenvalue weighted by Gasteiger charge is 2.16. The Hall–Kier alpha value is -3.68. The third-order valence-electron chi connectivity index (χ3n) is 4.63. The van der Waals surface area contributed by atoms with Gasteiger partial charge in [-0.2, -0.15) is 0 Å². The number of aromatic nitrogens is 1. The standard InChI is InChI=1S/C22H24N2O6/c1-13-17(14(2)30-24-13)12-29-20-8-6-15(10-21(20)28-5)22(25)23-18-11-16(26-3)7-9-19(18)27-4/h6-11H,12H2,1-5H3,(H,23,25). The first-order valence-electron chi connectivity index (χ1n) is 9.22. The van der Waals surface area contributed by atoms with Crippen molar-refractivity contribution in [2.45, 2.75) is 20.5 Å². The first-order valence-corrected chi connectivity index (χ1v) is 9.22. The Labute approximate surface area is 174 Å². The minimum atomic E-state index is -0.322. The number of nitrogens with one attached hydrogen (secondary N) is 1. The van der Waals surface area contributed by atoms with Gasteiger partial charge in [0.2, 0.25) is 0 Å².